The van der Waals surface area contributed by atoms with E-state index < -0.39 is 5.82 Å². The summed E-state index contributed by atoms with van der Waals surface area (Å²) in [5.41, 5.74) is 0.772. The van der Waals surface area contributed by atoms with Crippen molar-refractivity contribution in [3.8, 4) is 5.75 Å². The van der Waals surface area contributed by atoms with E-state index in [1.807, 2.05) is 0 Å². The third-order valence-corrected chi connectivity index (χ3v) is 2.93. The second-order valence-electron chi connectivity index (χ2n) is 3.90. The Hall–Kier alpha value is -1.61. The molecule has 1 nitrogen and oxygen atoms in total. The van der Waals surface area contributed by atoms with Gasteiger partial charge in [0, 0.05) is 5.56 Å². The average Bonchev–Trinajstić information content (AvgIpc) is 2.33. The Morgan fingerprint density at radius 1 is 1.11 bits per heavy atom. The monoisotopic (exact) mass is 268 g/mol. The van der Waals surface area contributed by atoms with Crippen molar-refractivity contribution in [2.75, 3.05) is 0 Å². The van der Waals surface area contributed by atoms with E-state index in [9.17, 15) is 8.78 Å². The normalized spacial score (nSPS) is 10.4. The van der Waals surface area contributed by atoms with Gasteiger partial charge in [0.2, 0.25) is 0 Å². The third kappa shape index (κ3) is 2.79. The SMILES string of the molecule is Cc1cc(OCc2c(F)cccc2Cl)ccc1F. The van der Waals surface area contributed by atoms with Gasteiger partial charge in [0.1, 0.15) is 24.0 Å². The number of ether oxygens (including phenoxy) is 1. The number of benzene rings is 2. The summed E-state index contributed by atoms with van der Waals surface area (Å²) < 4.78 is 31.9. The van der Waals surface area contributed by atoms with Crippen LogP contribution in [0, 0.1) is 18.6 Å². The minimum absolute atomic E-state index is 0.0105. The third-order valence-electron chi connectivity index (χ3n) is 2.57. The molecule has 0 saturated heterocycles. The Bertz CT molecular complexity index is 549. The summed E-state index contributed by atoms with van der Waals surface area (Å²) in [7, 11) is 0. The summed E-state index contributed by atoms with van der Waals surface area (Å²) in [6.45, 7) is 1.65. The van der Waals surface area contributed by atoms with Gasteiger partial charge in [-0.1, -0.05) is 17.7 Å². The first-order chi connectivity index (χ1) is 8.58. The number of hydrogen-bond acceptors (Lipinski definition) is 1. The molecular weight excluding hydrogens is 258 g/mol. The molecule has 2 rings (SSSR count). The van der Waals surface area contributed by atoms with E-state index >= 15 is 0 Å². The predicted octanol–water partition coefficient (Wildman–Crippen LogP) is 4.51. The highest BCUT2D eigenvalue weighted by Gasteiger charge is 2.08. The Kier molecular flexibility index (Phi) is 3.82. The molecule has 0 saturated carbocycles. The van der Waals surface area contributed by atoms with E-state index in [1.54, 1.807) is 19.1 Å². The van der Waals surface area contributed by atoms with E-state index in [0.717, 1.165) is 0 Å². The van der Waals surface area contributed by atoms with Gasteiger partial charge in [0.05, 0.1) is 5.02 Å². The van der Waals surface area contributed by atoms with Gasteiger partial charge in [-0.05, 0) is 42.8 Å². The van der Waals surface area contributed by atoms with Crippen LogP contribution in [0.5, 0.6) is 5.75 Å². The topological polar surface area (TPSA) is 9.23 Å². The molecule has 0 radical (unpaired) electrons. The number of rotatable bonds is 3. The summed E-state index contributed by atoms with van der Waals surface area (Å²) in [5, 5.41) is 0.314. The molecule has 18 heavy (non-hydrogen) atoms. The van der Waals surface area contributed by atoms with E-state index in [2.05, 4.69) is 0 Å². The zero-order valence-corrected chi connectivity index (χ0v) is 10.5. The van der Waals surface area contributed by atoms with Crippen molar-refractivity contribution < 1.29 is 13.5 Å². The van der Waals surface area contributed by atoms with Gasteiger partial charge in [-0.15, -0.1) is 0 Å². The van der Waals surface area contributed by atoms with Crippen molar-refractivity contribution in [3.05, 3.63) is 64.2 Å². The molecule has 0 aliphatic rings. The van der Waals surface area contributed by atoms with E-state index in [-0.39, 0.29) is 12.4 Å². The highest BCUT2D eigenvalue weighted by molar-refractivity contribution is 6.31. The second kappa shape index (κ2) is 5.36. The van der Waals surface area contributed by atoms with Crippen LogP contribution in [0.4, 0.5) is 8.78 Å². The van der Waals surface area contributed by atoms with Crippen LogP contribution in [0.15, 0.2) is 36.4 Å². The van der Waals surface area contributed by atoms with Gasteiger partial charge in [0.25, 0.3) is 0 Å². The lowest BCUT2D eigenvalue weighted by Crippen LogP contribution is -2.00. The molecule has 4 heteroatoms. The maximum atomic E-state index is 13.5. The van der Waals surface area contributed by atoms with Crippen LogP contribution in [0.25, 0.3) is 0 Å². The van der Waals surface area contributed by atoms with E-state index in [0.29, 0.717) is 21.9 Å². The molecule has 0 bridgehead atoms. The molecule has 0 heterocycles. The summed E-state index contributed by atoms with van der Waals surface area (Å²) >= 11 is 5.87. The molecule has 0 N–H and O–H groups in total. The van der Waals surface area contributed by atoms with Gasteiger partial charge >= 0.3 is 0 Å². The van der Waals surface area contributed by atoms with Crippen LogP contribution in [-0.4, -0.2) is 0 Å². The average molecular weight is 269 g/mol. The highest BCUT2D eigenvalue weighted by Crippen LogP contribution is 2.22. The Morgan fingerprint density at radius 2 is 1.89 bits per heavy atom. The van der Waals surface area contributed by atoms with Crippen molar-refractivity contribution in [2.24, 2.45) is 0 Å². The van der Waals surface area contributed by atoms with Gasteiger partial charge in [-0.25, -0.2) is 8.78 Å². The molecule has 0 amide bonds. The standard InChI is InChI=1S/C14H11ClF2O/c1-9-7-10(5-6-13(9)16)18-8-11-12(15)3-2-4-14(11)17/h2-7H,8H2,1H3. The predicted molar refractivity (Wildman–Crippen MR) is 66.9 cm³/mol. The van der Waals surface area contributed by atoms with Crippen LogP contribution >= 0.6 is 11.6 Å². The molecule has 0 spiro atoms. The van der Waals surface area contributed by atoms with Crippen molar-refractivity contribution in [3.63, 3.8) is 0 Å². The molecule has 0 aliphatic carbocycles. The summed E-state index contributed by atoms with van der Waals surface area (Å²) in [6, 6.07) is 8.82. The largest absolute Gasteiger partial charge is 0.489 e. The van der Waals surface area contributed by atoms with Crippen LogP contribution in [0.1, 0.15) is 11.1 Å². The minimum Gasteiger partial charge on any atom is -0.489 e. The Morgan fingerprint density at radius 3 is 2.56 bits per heavy atom. The van der Waals surface area contributed by atoms with Crippen LogP contribution < -0.4 is 4.74 Å². The molecule has 2 aromatic carbocycles. The summed E-state index contributed by atoms with van der Waals surface area (Å²) in [4.78, 5) is 0. The number of aryl methyl sites for hydroxylation is 1. The van der Waals surface area contributed by atoms with E-state index in [4.69, 9.17) is 16.3 Å². The second-order valence-corrected chi connectivity index (χ2v) is 4.31. The van der Waals surface area contributed by atoms with Crippen LogP contribution in [0.3, 0.4) is 0 Å². The molecule has 0 atom stereocenters. The molecule has 0 aromatic heterocycles. The van der Waals surface area contributed by atoms with Crippen LogP contribution in [0.2, 0.25) is 5.02 Å². The zero-order valence-electron chi connectivity index (χ0n) is 9.71. The smallest absolute Gasteiger partial charge is 0.131 e. The molecule has 94 valence electrons. The Balaban J connectivity index is 2.14. The summed E-state index contributed by atoms with van der Waals surface area (Å²) in [5.74, 6) is -0.235. The fourth-order valence-corrected chi connectivity index (χ4v) is 1.75. The lowest BCUT2D eigenvalue weighted by Gasteiger charge is -2.09. The molecule has 0 aliphatic heterocycles. The van der Waals surface area contributed by atoms with Gasteiger partial charge < -0.3 is 4.74 Å². The fraction of sp³-hybridized carbons (Fsp3) is 0.143. The highest BCUT2D eigenvalue weighted by atomic mass is 35.5. The van der Waals surface area contributed by atoms with Gasteiger partial charge in [0.15, 0.2) is 0 Å². The van der Waals surface area contributed by atoms with Gasteiger partial charge in [-0.2, -0.15) is 0 Å². The van der Waals surface area contributed by atoms with Crippen LogP contribution in [-0.2, 0) is 6.61 Å². The first kappa shape index (κ1) is 12.8. The van der Waals surface area contributed by atoms with Crippen molar-refractivity contribution in [1.29, 1.82) is 0 Å². The molecular formula is C14H11ClF2O. The maximum absolute atomic E-state index is 13.5. The first-order valence-corrected chi connectivity index (χ1v) is 5.77. The molecule has 0 fully saturated rings. The molecule has 0 unspecified atom stereocenters. The van der Waals surface area contributed by atoms with Crippen molar-refractivity contribution in [1.82, 2.24) is 0 Å². The lowest BCUT2D eigenvalue weighted by molar-refractivity contribution is 0.299. The van der Waals surface area contributed by atoms with Crippen molar-refractivity contribution in [2.45, 2.75) is 13.5 Å². The Labute approximate surface area is 109 Å². The minimum atomic E-state index is -0.415. The maximum Gasteiger partial charge on any atom is 0.131 e. The number of hydrogen-bond donors (Lipinski definition) is 0. The fourth-order valence-electron chi connectivity index (χ4n) is 1.53. The van der Waals surface area contributed by atoms with Crippen molar-refractivity contribution >= 4 is 11.6 Å². The lowest BCUT2D eigenvalue weighted by atomic mass is 10.2. The zero-order chi connectivity index (χ0) is 13.1. The summed E-state index contributed by atoms with van der Waals surface area (Å²) in [6.07, 6.45) is 0. The first-order valence-electron chi connectivity index (χ1n) is 5.40. The quantitative estimate of drug-likeness (QED) is 0.796. The van der Waals surface area contributed by atoms with Gasteiger partial charge in [-0.3, -0.25) is 0 Å². The molecule has 2 aromatic rings. The number of halogens is 3. The van der Waals surface area contributed by atoms with E-state index in [1.165, 1.54) is 24.3 Å².